The smallest absolute Gasteiger partial charge is 0.305 e. The molecule has 1 saturated heterocycles. The van der Waals surface area contributed by atoms with Gasteiger partial charge in [0.1, 0.15) is 31.0 Å². The first-order chi connectivity index (χ1) is 7.10. The molecule has 4 atom stereocenters. The van der Waals surface area contributed by atoms with Gasteiger partial charge in [0.2, 0.25) is 0 Å². The van der Waals surface area contributed by atoms with Crippen molar-refractivity contribution < 1.29 is 29.6 Å². The average Bonchev–Trinajstić information content (AvgIpc) is 2.52. The van der Waals surface area contributed by atoms with E-state index in [0.29, 0.717) is 0 Å². The summed E-state index contributed by atoms with van der Waals surface area (Å²) in [5.74, 6) is -0.396. The van der Waals surface area contributed by atoms with Crippen LogP contribution in [-0.2, 0) is 14.3 Å². The lowest BCUT2D eigenvalue weighted by atomic mass is 10.1. The number of carbonyl (C=O) groups excluding carboxylic acids is 1. The third-order valence-corrected chi connectivity index (χ3v) is 2.34. The second-order valence-electron chi connectivity index (χ2n) is 3.41. The van der Waals surface area contributed by atoms with Crippen molar-refractivity contribution in [3.05, 3.63) is 0 Å². The van der Waals surface area contributed by atoms with Crippen LogP contribution in [0, 0.1) is 0 Å². The molecule has 15 heavy (non-hydrogen) atoms. The summed E-state index contributed by atoms with van der Waals surface area (Å²) < 4.78 is 9.87. The highest BCUT2D eigenvalue weighted by Crippen LogP contribution is 2.21. The van der Waals surface area contributed by atoms with Crippen LogP contribution in [-0.4, -0.2) is 58.9 Å². The van der Waals surface area contributed by atoms with E-state index in [1.165, 1.54) is 0 Å². The van der Waals surface area contributed by atoms with Gasteiger partial charge < -0.3 is 24.8 Å². The topological polar surface area (TPSA) is 96.2 Å². The highest BCUT2D eigenvalue weighted by Gasteiger charge is 2.42. The van der Waals surface area contributed by atoms with Gasteiger partial charge in [-0.15, -0.1) is 0 Å². The van der Waals surface area contributed by atoms with E-state index < -0.39 is 30.4 Å². The average molecular weight is 220 g/mol. The first-order valence-corrected chi connectivity index (χ1v) is 4.88. The van der Waals surface area contributed by atoms with Crippen molar-refractivity contribution in [1.29, 1.82) is 0 Å². The Labute approximate surface area is 87.4 Å². The largest absolute Gasteiger partial charge is 0.463 e. The number of esters is 1. The molecule has 1 aliphatic heterocycles. The highest BCUT2D eigenvalue weighted by molar-refractivity contribution is 5.68. The minimum Gasteiger partial charge on any atom is -0.463 e. The van der Waals surface area contributed by atoms with Crippen LogP contribution >= 0.6 is 0 Å². The lowest BCUT2D eigenvalue weighted by Gasteiger charge is -2.14. The van der Waals surface area contributed by atoms with E-state index in [-0.39, 0.29) is 19.6 Å². The lowest BCUT2D eigenvalue weighted by molar-refractivity contribution is -0.149. The zero-order chi connectivity index (χ0) is 11.4. The summed E-state index contributed by atoms with van der Waals surface area (Å²) >= 11 is 0. The summed E-state index contributed by atoms with van der Waals surface area (Å²) in [7, 11) is 0. The highest BCUT2D eigenvalue weighted by atomic mass is 16.6. The Bertz CT molecular complexity index is 219. The van der Waals surface area contributed by atoms with Crippen molar-refractivity contribution in [2.75, 3.05) is 13.2 Å². The van der Waals surface area contributed by atoms with Crippen LogP contribution in [0.5, 0.6) is 0 Å². The number of ether oxygens (including phenoxy) is 2. The monoisotopic (exact) mass is 220 g/mol. The maximum Gasteiger partial charge on any atom is 0.305 e. The molecule has 0 amide bonds. The van der Waals surface area contributed by atoms with Crippen LogP contribution < -0.4 is 0 Å². The quantitative estimate of drug-likeness (QED) is 0.495. The van der Waals surface area contributed by atoms with Crippen molar-refractivity contribution in [3.8, 4) is 0 Å². The van der Waals surface area contributed by atoms with Crippen LogP contribution in [0.3, 0.4) is 0 Å². The molecule has 88 valence electrons. The predicted octanol–water partition coefficient (Wildman–Crippen LogP) is -1.58. The van der Waals surface area contributed by atoms with E-state index in [0.717, 1.165) is 0 Å². The third kappa shape index (κ3) is 2.88. The third-order valence-electron chi connectivity index (χ3n) is 2.34. The van der Waals surface area contributed by atoms with Gasteiger partial charge in [-0.2, -0.15) is 0 Å². The fraction of sp³-hybridized carbons (Fsp3) is 0.889. The van der Waals surface area contributed by atoms with Crippen molar-refractivity contribution in [2.45, 2.75) is 37.8 Å². The zero-order valence-corrected chi connectivity index (χ0v) is 8.50. The van der Waals surface area contributed by atoms with E-state index in [4.69, 9.17) is 14.6 Å². The number of carbonyl (C=O) groups is 1. The van der Waals surface area contributed by atoms with Gasteiger partial charge in [0, 0.05) is 6.42 Å². The Hall–Kier alpha value is -0.690. The molecule has 0 aromatic carbocycles. The van der Waals surface area contributed by atoms with Gasteiger partial charge in [0.15, 0.2) is 0 Å². The Balaban J connectivity index is 2.40. The van der Waals surface area contributed by atoms with Gasteiger partial charge in [-0.3, -0.25) is 4.79 Å². The summed E-state index contributed by atoms with van der Waals surface area (Å²) in [5.41, 5.74) is 0. The zero-order valence-electron chi connectivity index (χ0n) is 8.50. The van der Waals surface area contributed by atoms with Crippen molar-refractivity contribution >= 4 is 5.97 Å². The molecule has 0 radical (unpaired) electrons. The molecule has 0 spiro atoms. The Morgan fingerprint density at radius 1 is 1.33 bits per heavy atom. The van der Waals surface area contributed by atoms with E-state index in [1.54, 1.807) is 6.92 Å². The standard InChI is InChI=1S/C9H16O6/c1-2-7(11)14-4-6-9(13)8(12)5(3-10)15-6/h5-6,8-10,12-13H,2-4H2,1H3/t5-,6-,8-,9-/m1/s1. The molecule has 0 aromatic heterocycles. The van der Waals surface area contributed by atoms with Gasteiger partial charge in [0.05, 0.1) is 6.61 Å². The molecule has 0 bridgehead atoms. The molecule has 1 rings (SSSR count). The Morgan fingerprint density at radius 2 is 1.93 bits per heavy atom. The molecule has 0 unspecified atom stereocenters. The number of aliphatic hydroxyl groups excluding tert-OH is 3. The van der Waals surface area contributed by atoms with E-state index in [9.17, 15) is 15.0 Å². The van der Waals surface area contributed by atoms with Crippen LogP contribution in [0.4, 0.5) is 0 Å². The summed E-state index contributed by atoms with van der Waals surface area (Å²) in [5, 5.41) is 27.6. The first kappa shape index (κ1) is 12.4. The minimum absolute atomic E-state index is 0.110. The summed E-state index contributed by atoms with van der Waals surface area (Å²) in [6, 6.07) is 0. The van der Waals surface area contributed by atoms with Crippen molar-refractivity contribution in [3.63, 3.8) is 0 Å². The van der Waals surface area contributed by atoms with Gasteiger partial charge in [0.25, 0.3) is 0 Å². The Kier molecular flexibility index (Phi) is 4.46. The molecular formula is C9H16O6. The maximum absolute atomic E-state index is 10.8. The number of hydrogen-bond donors (Lipinski definition) is 3. The van der Waals surface area contributed by atoms with Crippen molar-refractivity contribution in [2.24, 2.45) is 0 Å². The molecule has 6 heteroatoms. The second-order valence-corrected chi connectivity index (χ2v) is 3.41. The van der Waals surface area contributed by atoms with Gasteiger partial charge in [-0.05, 0) is 0 Å². The van der Waals surface area contributed by atoms with Gasteiger partial charge in [-0.25, -0.2) is 0 Å². The van der Waals surface area contributed by atoms with E-state index >= 15 is 0 Å². The normalized spacial score (nSPS) is 35.5. The molecule has 0 aliphatic carbocycles. The summed E-state index contributed by atoms with van der Waals surface area (Å²) in [4.78, 5) is 10.8. The number of rotatable bonds is 4. The fourth-order valence-corrected chi connectivity index (χ4v) is 1.39. The summed E-state index contributed by atoms with van der Waals surface area (Å²) in [6.07, 6.45) is -3.61. The van der Waals surface area contributed by atoms with E-state index in [1.807, 2.05) is 0 Å². The molecule has 0 saturated carbocycles. The van der Waals surface area contributed by atoms with E-state index in [2.05, 4.69) is 0 Å². The van der Waals surface area contributed by atoms with Crippen LogP contribution in [0.25, 0.3) is 0 Å². The molecular weight excluding hydrogens is 204 g/mol. The van der Waals surface area contributed by atoms with Gasteiger partial charge >= 0.3 is 5.97 Å². The van der Waals surface area contributed by atoms with Crippen molar-refractivity contribution in [1.82, 2.24) is 0 Å². The summed E-state index contributed by atoms with van der Waals surface area (Å²) in [6.45, 7) is 1.16. The fourth-order valence-electron chi connectivity index (χ4n) is 1.39. The van der Waals surface area contributed by atoms with Crippen LogP contribution in [0.1, 0.15) is 13.3 Å². The van der Waals surface area contributed by atoms with Crippen LogP contribution in [0.15, 0.2) is 0 Å². The lowest BCUT2D eigenvalue weighted by Crippen LogP contribution is -2.35. The predicted molar refractivity (Wildman–Crippen MR) is 49.0 cm³/mol. The number of aliphatic hydroxyl groups is 3. The number of hydrogen-bond acceptors (Lipinski definition) is 6. The molecule has 3 N–H and O–H groups in total. The minimum atomic E-state index is -1.14. The molecule has 6 nitrogen and oxygen atoms in total. The van der Waals surface area contributed by atoms with Gasteiger partial charge in [-0.1, -0.05) is 6.92 Å². The first-order valence-electron chi connectivity index (χ1n) is 4.88. The Morgan fingerprint density at radius 3 is 2.40 bits per heavy atom. The maximum atomic E-state index is 10.8. The SMILES string of the molecule is CCC(=O)OC[C@H]1O[C@H](CO)[C@@H](O)[C@@H]1O. The molecule has 1 aliphatic rings. The molecule has 0 aromatic rings. The molecule has 1 heterocycles. The van der Waals surface area contributed by atoms with Crippen LogP contribution in [0.2, 0.25) is 0 Å². The molecule has 1 fully saturated rings. The second kappa shape index (κ2) is 5.41.